The molecule has 0 aliphatic carbocycles. The van der Waals surface area contributed by atoms with Crippen LogP contribution in [0.4, 0.5) is 5.69 Å². The van der Waals surface area contributed by atoms with Crippen molar-refractivity contribution in [2.75, 3.05) is 5.32 Å². The van der Waals surface area contributed by atoms with Gasteiger partial charge in [-0.1, -0.05) is 12.1 Å². The lowest BCUT2D eigenvalue weighted by Crippen LogP contribution is -2.29. The number of carbonyl (C=O) groups excluding carboxylic acids is 1. The Labute approximate surface area is 98.8 Å². The van der Waals surface area contributed by atoms with Crippen LogP contribution in [-0.4, -0.2) is 5.91 Å². The van der Waals surface area contributed by atoms with Gasteiger partial charge in [-0.3, -0.25) is 4.79 Å². The summed E-state index contributed by atoms with van der Waals surface area (Å²) in [6, 6.07) is 9.36. The van der Waals surface area contributed by atoms with Crippen LogP contribution >= 0.6 is 0 Å². The number of hydrogen-bond acceptors (Lipinski definition) is 3. The van der Waals surface area contributed by atoms with Crippen molar-refractivity contribution in [1.29, 1.82) is 5.26 Å². The SMILES string of the molecule is CC(C)(C#N)C(=O)Nc1coc2ccccc12. The molecule has 86 valence electrons. The molecule has 0 atom stereocenters. The lowest BCUT2D eigenvalue weighted by Gasteiger charge is -2.13. The minimum Gasteiger partial charge on any atom is -0.462 e. The zero-order valence-electron chi connectivity index (χ0n) is 9.65. The smallest absolute Gasteiger partial charge is 0.244 e. The van der Waals surface area contributed by atoms with Gasteiger partial charge in [0.25, 0.3) is 0 Å². The third-order valence-corrected chi connectivity index (χ3v) is 2.58. The lowest BCUT2D eigenvalue weighted by molar-refractivity contribution is -0.121. The molecular formula is C13H12N2O2. The molecular weight excluding hydrogens is 216 g/mol. The minimum atomic E-state index is -1.06. The number of carbonyl (C=O) groups is 1. The number of rotatable bonds is 2. The Bertz CT molecular complexity index is 605. The first kappa shape index (κ1) is 11.2. The molecule has 1 aromatic heterocycles. The van der Waals surface area contributed by atoms with Gasteiger partial charge in [-0.15, -0.1) is 0 Å². The van der Waals surface area contributed by atoms with E-state index in [2.05, 4.69) is 5.32 Å². The molecule has 0 fully saturated rings. The van der Waals surface area contributed by atoms with Gasteiger partial charge in [-0.05, 0) is 26.0 Å². The van der Waals surface area contributed by atoms with Crippen LogP contribution in [0.5, 0.6) is 0 Å². The highest BCUT2D eigenvalue weighted by Gasteiger charge is 2.27. The maximum Gasteiger partial charge on any atom is 0.244 e. The van der Waals surface area contributed by atoms with Crippen LogP contribution in [0.25, 0.3) is 11.0 Å². The number of hydrogen-bond donors (Lipinski definition) is 1. The fourth-order valence-corrected chi connectivity index (χ4v) is 1.40. The molecule has 1 heterocycles. The average Bonchev–Trinajstić information content (AvgIpc) is 2.73. The van der Waals surface area contributed by atoms with E-state index in [-0.39, 0.29) is 5.91 Å². The molecule has 0 aliphatic heterocycles. The summed E-state index contributed by atoms with van der Waals surface area (Å²) >= 11 is 0. The van der Waals surface area contributed by atoms with E-state index in [0.29, 0.717) is 11.3 Å². The highest BCUT2D eigenvalue weighted by Crippen LogP contribution is 2.27. The summed E-state index contributed by atoms with van der Waals surface area (Å²) < 4.78 is 5.30. The number of nitrogens with one attached hydrogen (secondary N) is 1. The molecule has 0 radical (unpaired) electrons. The molecule has 17 heavy (non-hydrogen) atoms. The van der Waals surface area contributed by atoms with Crippen molar-refractivity contribution in [3.8, 4) is 6.07 Å². The van der Waals surface area contributed by atoms with Crippen LogP contribution in [0, 0.1) is 16.7 Å². The van der Waals surface area contributed by atoms with E-state index in [9.17, 15) is 4.79 Å². The predicted octanol–water partition coefficient (Wildman–Crippen LogP) is 2.92. The van der Waals surface area contributed by atoms with Crippen molar-refractivity contribution in [1.82, 2.24) is 0 Å². The van der Waals surface area contributed by atoms with Gasteiger partial charge in [-0.2, -0.15) is 5.26 Å². The van der Waals surface area contributed by atoms with Gasteiger partial charge in [-0.25, -0.2) is 0 Å². The fraction of sp³-hybridized carbons (Fsp3) is 0.231. The topological polar surface area (TPSA) is 66.0 Å². The zero-order valence-corrected chi connectivity index (χ0v) is 9.65. The van der Waals surface area contributed by atoms with Crippen molar-refractivity contribution >= 4 is 22.6 Å². The van der Waals surface area contributed by atoms with Gasteiger partial charge in [0.05, 0.1) is 11.8 Å². The number of amides is 1. The van der Waals surface area contributed by atoms with Gasteiger partial charge in [0.2, 0.25) is 5.91 Å². The van der Waals surface area contributed by atoms with Gasteiger partial charge in [0.15, 0.2) is 0 Å². The molecule has 0 aliphatic rings. The minimum absolute atomic E-state index is 0.341. The van der Waals surface area contributed by atoms with Crippen LogP contribution in [0.3, 0.4) is 0 Å². The first-order valence-corrected chi connectivity index (χ1v) is 5.23. The fourth-order valence-electron chi connectivity index (χ4n) is 1.40. The van der Waals surface area contributed by atoms with Crippen LogP contribution < -0.4 is 5.32 Å². The van der Waals surface area contributed by atoms with Gasteiger partial charge in [0.1, 0.15) is 17.3 Å². The summed E-state index contributed by atoms with van der Waals surface area (Å²) in [7, 11) is 0. The number of nitrogens with zero attached hydrogens (tertiary/aromatic N) is 1. The highest BCUT2D eigenvalue weighted by atomic mass is 16.3. The summed E-state index contributed by atoms with van der Waals surface area (Å²) in [6.45, 7) is 3.15. The van der Waals surface area contributed by atoms with E-state index < -0.39 is 5.41 Å². The largest absolute Gasteiger partial charge is 0.462 e. The number of para-hydroxylation sites is 1. The van der Waals surface area contributed by atoms with E-state index in [1.807, 2.05) is 30.3 Å². The van der Waals surface area contributed by atoms with E-state index in [1.54, 1.807) is 13.8 Å². The summed E-state index contributed by atoms with van der Waals surface area (Å²) in [5, 5.41) is 12.4. The highest BCUT2D eigenvalue weighted by molar-refractivity contribution is 6.03. The Morgan fingerprint density at radius 3 is 2.82 bits per heavy atom. The van der Waals surface area contributed by atoms with E-state index in [0.717, 1.165) is 5.39 Å². The van der Waals surface area contributed by atoms with Crippen molar-refractivity contribution in [3.05, 3.63) is 30.5 Å². The maximum atomic E-state index is 11.8. The summed E-state index contributed by atoms with van der Waals surface area (Å²) in [5.74, 6) is -0.341. The normalized spacial score (nSPS) is 11.1. The molecule has 4 heteroatoms. The van der Waals surface area contributed by atoms with Crippen LogP contribution in [0.1, 0.15) is 13.8 Å². The Morgan fingerprint density at radius 1 is 1.41 bits per heavy atom. The standard InChI is InChI=1S/C13H12N2O2/c1-13(2,8-14)12(16)15-10-7-17-11-6-4-3-5-9(10)11/h3-7H,1-2H3,(H,15,16). The second-order valence-corrected chi connectivity index (χ2v) is 4.34. The lowest BCUT2D eigenvalue weighted by atomic mass is 9.94. The second kappa shape index (κ2) is 3.95. The van der Waals surface area contributed by atoms with E-state index in [1.165, 1.54) is 6.26 Å². The average molecular weight is 228 g/mol. The first-order chi connectivity index (χ1) is 8.04. The molecule has 2 aromatic rings. The van der Waals surface area contributed by atoms with Gasteiger partial charge >= 0.3 is 0 Å². The Kier molecular flexibility index (Phi) is 2.60. The number of nitriles is 1. The Hall–Kier alpha value is -2.28. The molecule has 0 saturated carbocycles. The molecule has 0 saturated heterocycles. The van der Waals surface area contributed by atoms with Crippen LogP contribution in [-0.2, 0) is 4.79 Å². The molecule has 0 unspecified atom stereocenters. The van der Waals surface area contributed by atoms with E-state index in [4.69, 9.17) is 9.68 Å². The molecule has 1 aromatic carbocycles. The molecule has 4 nitrogen and oxygen atoms in total. The van der Waals surface area contributed by atoms with Gasteiger partial charge in [0, 0.05) is 5.39 Å². The van der Waals surface area contributed by atoms with Crippen LogP contribution in [0.2, 0.25) is 0 Å². The molecule has 0 bridgehead atoms. The summed E-state index contributed by atoms with van der Waals surface area (Å²) in [6.07, 6.45) is 1.48. The zero-order chi connectivity index (χ0) is 12.5. The predicted molar refractivity (Wildman–Crippen MR) is 64.2 cm³/mol. The van der Waals surface area contributed by atoms with Crippen molar-refractivity contribution in [2.45, 2.75) is 13.8 Å². The van der Waals surface area contributed by atoms with Crippen molar-refractivity contribution in [2.24, 2.45) is 5.41 Å². The number of anilines is 1. The van der Waals surface area contributed by atoms with Gasteiger partial charge < -0.3 is 9.73 Å². The quantitative estimate of drug-likeness (QED) is 0.859. The second-order valence-electron chi connectivity index (χ2n) is 4.34. The third-order valence-electron chi connectivity index (χ3n) is 2.58. The molecule has 0 spiro atoms. The van der Waals surface area contributed by atoms with Crippen molar-refractivity contribution < 1.29 is 9.21 Å². The first-order valence-electron chi connectivity index (χ1n) is 5.23. The summed E-state index contributed by atoms with van der Waals surface area (Å²) in [4.78, 5) is 11.8. The van der Waals surface area contributed by atoms with E-state index >= 15 is 0 Å². The number of fused-ring (bicyclic) bond motifs is 1. The van der Waals surface area contributed by atoms with Crippen molar-refractivity contribution in [3.63, 3.8) is 0 Å². The third kappa shape index (κ3) is 2.00. The molecule has 1 N–H and O–H groups in total. The molecule has 1 amide bonds. The van der Waals surface area contributed by atoms with Crippen LogP contribution in [0.15, 0.2) is 34.9 Å². The summed E-state index contributed by atoms with van der Waals surface area (Å²) in [5.41, 5.74) is 0.241. The molecule has 2 rings (SSSR count). The Balaban J connectivity index is 2.32. The number of benzene rings is 1. The Morgan fingerprint density at radius 2 is 2.12 bits per heavy atom. The maximum absolute atomic E-state index is 11.8. The number of furan rings is 1. The monoisotopic (exact) mass is 228 g/mol.